The summed E-state index contributed by atoms with van der Waals surface area (Å²) in [5.74, 6) is 0.376. The molecule has 5 nitrogen and oxygen atoms in total. The van der Waals surface area contributed by atoms with Gasteiger partial charge in [-0.1, -0.05) is 6.42 Å². The smallest absolute Gasteiger partial charge is 0.410 e. The predicted molar refractivity (Wildman–Crippen MR) is 79.6 cm³/mol. The fourth-order valence-electron chi connectivity index (χ4n) is 3.22. The van der Waals surface area contributed by atoms with E-state index >= 15 is 0 Å². The van der Waals surface area contributed by atoms with Crippen LogP contribution in [0.15, 0.2) is 0 Å². The fraction of sp³-hybridized carbons (Fsp3) is 0.933. The molecule has 2 aliphatic heterocycles. The van der Waals surface area contributed by atoms with Crippen molar-refractivity contribution in [2.75, 3.05) is 32.7 Å². The molecule has 0 aromatic rings. The summed E-state index contributed by atoms with van der Waals surface area (Å²) >= 11 is 0. The average molecular weight is 283 g/mol. The lowest BCUT2D eigenvalue weighted by molar-refractivity contribution is 0.0276. The Morgan fingerprint density at radius 3 is 2.40 bits per heavy atom. The van der Waals surface area contributed by atoms with Gasteiger partial charge in [0.15, 0.2) is 0 Å². The highest BCUT2D eigenvalue weighted by Crippen LogP contribution is 2.25. The standard InChI is InChI=1S/C15H29N3O2/c1-15(2,3)20-14(19)18-10-12(9-16)13(11-18)17-7-5-4-6-8-17/h12-13H,4-11,16H2,1-3H3/t12-,13-/m1/s1. The number of carbonyl (C=O) groups is 1. The molecule has 2 saturated heterocycles. The summed E-state index contributed by atoms with van der Waals surface area (Å²) in [5.41, 5.74) is 5.48. The van der Waals surface area contributed by atoms with E-state index in [0.29, 0.717) is 18.5 Å². The zero-order valence-corrected chi connectivity index (χ0v) is 13.1. The van der Waals surface area contributed by atoms with Crippen LogP contribution in [-0.2, 0) is 4.74 Å². The molecule has 116 valence electrons. The lowest BCUT2D eigenvalue weighted by Crippen LogP contribution is -2.45. The molecule has 0 saturated carbocycles. The lowest BCUT2D eigenvalue weighted by Gasteiger charge is -2.34. The number of amides is 1. The summed E-state index contributed by atoms with van der Waals surface area (Å²) < 4.78 is 5.48. The SMILES string of the molecule is CC(C)(C)OC(=O)N1C[C@@H](CN)[C@H](N2CCCCC2)C1. The maximum atomic E-state index is 12.2. The Morgan fingerprint density at radius 2 is 1.85 bits per heavy atom. The predicted octanol–water partition coefficient (Wildman–Crippen LogP) is 1.67. The van der Waals surface area contributed by atoms with Crippen LogP contribution in [0.3, 0.4) is 0 Å². The number of hydrogen-bond acceptors (Lipinski definition) is 4. The van der Waals surface area contributed by atoms with E-state index in [4.69, 9.17) is 10.5 Å². The summed E-state index contributed by atoms with van der Waals surface area (Å²) in [5, 5.41) is 0. The summed E-state index contributed by atoms with van der Waals surface area (Å²) in [4.78, 5) is 16.5. The van der Waals surface area contributed by atoms with Crippen molar-refractivity contribution in [3.8, 4) is 0 Å². The van der Waals surface area contributed by atoms with Gasteiger partial charge in [-0.15, -0.1) is 0 Å². The monoisotopic (exact) mass is 283 g/mol. The van der Waals surface area contributed by atoms with E-state index in [9.17, 15) is 4.79 Å². The number of ether oxygens (including phenoxy) is 1. The van der Waals surface area contributed by atoms with E-state index < -0.39 is 5.60 Å². The maximum Gasteiger partial charge on any atom is 0.410 e. The Bertz CT molecular complexity index is 335. The second kappa shape index (κ2) is 6.31. The second-order valence-electron chi connectivity index (χ2n) is 7.05. The molecular formula is C15H29N3O2. The molecule has 0 bridgehead atoms. The van der Waals surface area contributed by atoms with Gasteiger partial charge >= 0.3 is 6.09 Å². The molecule has 2 rings (SSSR count). The number of nitrogens with zero attached hydrogens (tertiary/aromatic N) is 2. The van der Waals surface area contributed by atoms with Crippen LogP contribution >= 0.6 is 0 Å². The van der Waals surface area contributed by atoms with E-state index in [2.05, 4.69) is 4.90 Å². The zero-order chi connectivity index (χ0) is 14.8. The topological polar surface area (TPSA) is 58.8 Å². The van der Waals surface area contributed by atoms with Gasteiger partial charge in [-0.2, -0.15) is 0 Å². The van der Waals surface area contributed by atoms with Crippen molar-refractivity contribution < 1.29 is 9.53 Å². The van der Waals surface area contributed by atoms with Gasteiger partial charge in [0.2, 0.25) is 0 Å². The molecule has 2 heterocycles. The van der Waals surface area contributed by atoms with Crippen LogP contribution in [0.5, 0.6) is 0 Å². The van der Waals surface area contributed by atoms with E-state index in [0.717, 1.165) is 26.2 Å². The minimum Gasteiger partial charge on any atom is -0.444 e. The van der Waals surface area contributed by atoms with Gasteiger partial charge in [0.1, 0.15) is 5.60 Å². The fourth-order valence-corrected chi connectivity index (χ4v) is 3.22. The molecule has 1 amide bonds. The molecule has 0 spiro atoms. The molecule has 0 radical (unpaired) electrons. The van der Waals surface area contributed by atoms with E-state index in [1.165, 1.54) is 19.3 Å². The third-order valence-corrected chi connectivity index (χ3v) is 4.22. The van der Waals surface area contributed by atoms with Crippen LogP contribution in [0, 0.1) is 5.92 Å². The zero-order valence-electron chi connectivity index (χ0n) is 13.1. The van der Waals surface area contributed by atoms with Crippen molar-refractivity contribution in [1.82, 2.24) is 9.80 Å². The summed E-state index contributed by atoms with van der Waals surface area (Å²) in [7, 11) is 0. The Balaban J connectivity index is 1.96. The molecule has 0 unspecified atom stereocenters. The molecule has 0 aromatic carbocycles. The first-order valence-electron chi connectivity index (χ1n) is 7.83. The van der Waals surface area contributed by atoms with Gasteiger partial charge in [-0.3, -0.25) is 4.90 Å². The Hall–Kier alpha value is -0.810. The minimum absolute atomic E-state index is 0.199. The molecule has 5 heteroatoms. The molecule has 20 heavy (non-hydrogen) atoms. The minimum atomic E-state index is -0.432. The molecule has 2 aliphatic rings. The second-order valence-corrected chi connectivity index (χ2v) is 7.05. The number of piperidine rings is 1. The van der Waals surface area contributed by atoms with Gasteiger partial charge in [-0.25, -0.2) is 4.79 Å². The van der Waals surface area contributed by atoms with Gasteiger partial charge in [0, 0.05) is 25.0 Å². The highest BCUT2D eigenvalue weighted by atomic mass is 16.6. The first-order valence-corrected chi connectivity index (χ1v) is 7.83. The molecule has 2 atom stereocenters. The number of likely N-dealkylation sites (tertiary alicyclic amines) is 2. The van der Waals surface area contributed by atoms with E-state index in [1.807, 2.05) is 25.7 Å². The summed E-state index contributed by atoms with van der Waals surface area (Å²) in [6.07, 6.45) is 3.66. The Morgan fingerprint density at radius 1 is 1.20 bits per heavy atom. The molecule has 2 fully saturated rings. The summed E-state index contributed by atoms with van der Waals surface area (Å²) in [6.45, 7) is 10.1. The first-order chi connectivity index (χ1) is 9.40. The average Bonchev–Trinajstić information content (AvgIpc) is 2.82. The van der Waals surface area contributed by atoms with Crippen molar-refractivity contribution in [2.45, 2.75) is 51.7 Å². The lowest BCUT2D eigenvalue weighted by atomic mass is 9.99. The maximum absolute atomic E-state index is 12.2. The highest BCUT2D eigenvalue weighted by molar-refractivity contribution is 5.68. The highest BCUT2D eigenvalue weighted by Gasteiger charge is 2.39. The quantitative estimate of drug-likeness (QED) is 0.837. The van der Waals surface area contributed by atoms with Gasteiger partial charge in [0.25, 0.3) is 0 Å². The van der Waals surface area contributed by atoms with Crippen molar-refractivity contribution in [3.63, 3.8) is 0 Å². The Labute approximate surface area is 122 Å². The Kier molecular flexibility index (Phi) is 4.91. The molecule has 0 aliphatic carbocycles. The van der Waals surface area contributed by atoms with Gasteiger partial charge in [-0.05, 0) is 53.2 Å². The van der Waals surface area contributed by atoms with E-state index in [-0.39, 0.29) is 6.09 Å². The van der Waals surface area contributed by atoms with Crippen molar-refractivity contribution in [2.24, 2.45) is 11.7 Å². The third-order valence-electron chi connectivity index (χ3n) is 4.22. The summed E-state index contributed by atoms with van der Waals surface area (Å²) in [6, 6.07) is 0.410. The van der Waals surface area contributed by atoms with Crippen LogP contribution in [-0.4, -0.2) is 60.3 Å². The van der Waals surface area contributed by atoms with Crippen LogP contribution in [0.25, 0.3) is 0 Å². The van der Waals surface area contributed by atoms with E-state index in [1.54, 1.807) is 0 Å². The van der Waals surface area contributed by atoms with Crippen LogP contribution in [0.4, 0.5) is 4.79 Å². The molecule has 0 aromatic heterocycles. The van der Waals surface area contributed by atoms with Crippen molar-refractivity contribution in [1.29, 1.82) is 0 Å². The number of rotatable bonds is 2. The molecule has 2 N–H and O–H groups in total. The van der Waals surface area contributed by atoms with Crippen LogP contribution < -0.4 is 5.73 Å². The third kappa shape index (κ3) is 3.85. The van der Waals surface area contributed by atoms with Crippen LogP contribution in [0.1, 0.15) is 40.0 Å². The molecular weight excluding hydrogens is 254 g/mol. The number of carbonyl (C=O) groups excluding carboxylic acids is 1. The van der Waals surface area contributed by atoms with Crippen LogP contribution in [0.2, 0.25) is 0 Å². The van der Waals surface area contributed by atoms with Crippen molar-refractivity contribution >= 4 is 6.09 Å². The van der Waals surface area contributed by atoms with Crippen molar-refractivity contribution in [3.05, 3.63) is 0 Å². The normalized spacial score (nSPS) is 28.7. The number of nitrogens with two attached hydrogens (primary N) is 1. The largest absolute Gasteiger partial charge is 0.444 e. The van der Waals surface area contributed by atoms with Gasteiger partial charge < -0.3 is 15.4 Å². The number of hydrogen-bond donors (Lipinski definition) is 1. The first kappa shape index (κ1) is 15.6. The van der Waals surface area contributed by atoms with Gasteiger partial charge in [0.05, 0.1) is 0 Å².